The molecule has 4 nitrogen and oxygen atoms in total. The first-order valence-electron chi connectivity index (χ1n) is 5.97. The van der Waals surface area contributed by atoms with E-state index in [9.17, 15) is 4.79 Å². The van der Waals surface area contributed by atoms with Gasteiger partial charge in [0.25, 0.3) is 0 Å². The molecule has 0 aliphatic rings. The van der Waals surface area contributed by atoms with Crippen molar-refractivity contribution in [2.75, 3.05) is 14.2 Å². The zero-order valence-corrected chi connectivity index (χ0v) is 10.9. The first-order chi connectivity index (χ1) is 8.65. The summed E-state index contributed by atoms with van der Waals surface area (Å²) in [4.78, 5) is 14.7. The van der Waals surface area contributed by atoms with Crippen molar-refractivity contribution in [2.45, 2.75) is 19.4 Å². The zero-order chi connectivity index (χ0) is 13.1. The van der Waals surface area contributed by atoms with Gasteiger partial charge in [0.2, 0.25) is 0 Å². The van der Waals surface area contributed by atoms with Gasteiger partial charge in [-0.2, -0.15) is 0 Å². The minimum Gasteiger partial charge on any atom is -0.497 e. The van der Waals surface area contributed by atoms with Crippen LogP contribution in [0.15, 0.2) is 24.4 Å². The number of H-pyrrole nitrogens is 1. The van der Waals surface area contributed by atoms with Gasteiger partial charge < -0.3 is 15.0 Å². The van der Waals surface area contributed by atoms with Crippen LogP contribution in [-0.2, 0) is 11.2 Å². The molecule has 0 saturated heterocycles. The Morgan fingerprint density at radius 2 is 2.28 bits per heavy atom. The molecule has 0 bridgehead atoms. The first kappa shape index (κ1) is 12.6. The lowest BCUT2D eigenvalue weighted by Crippen LogP contribution is -2.34. The third-order valence-corrected chi connectivity index (χ3v) is 3.24. The van der Waals surface area contributed by atoms with Crippen LogP contribution in [0, 0.1) is 0 Å². The summed E-state index contributed by atoms with van der Waals surface area (Å²) in [7, 11) is 3.46. The molecular weight excluding hydrogens is 228 g/mol. The van der Waals surface area contributed by atoms with Crippen molar-refractivity contribution in [3.05, 3.63) is 30.0 Å². The predicted octanol–water partition coefficient (Wildman–Crippen LogP) is 1.90. The van der Waals surface area contributed by atoms with E-state index in [2.05, 4.69) is 10.3 Å². The lowest BCUT2D eigenvalue weighted by molar-refractivity contribution is -0.118. The number of hydrogen-bond donors (Lipinski definition) is 2. The summed E-state index contributed by atoms with van der Waals surface area (Å²) >= 11 is 0. The van der Waals surface area contributed by atoms with Gasteiger partial charge >= 0.3 is 0 Å². The lowest BCUT2D eigenvalue weighted by atomic mass is 10.0. The summed E-state index contributed by atoms with van der Waals surface area (Å²) < 4.78 is 5.23. The topological polar surface area (TPSA) is 54.1 Å². The number of aromatic amines is 1. The van der Waals surface area contributed by atoms with Crippen LogP contribution in [0.3, 0.4) is 0 Å². The number of methoxy groups -OCH3 is 1. The van der Waals surface area contributed by atoms with Gasteiger partial charge in [0.15, 0.2) is 0 Å². The predicted molar refractivity (Wildman–Crippen MR) is 72.1 cm³/mol. The molecule has 1 aromatic heterocycles. The fraction of sp³-hybridized carbons (Fsp3) is 0.357. The molecule has 2 N–H and O–H groups in total. The van der Waals surface area contributed by atoms with Gasteiger partial charge in [-0.3, -0.25) is 4.79 Å². The molecular formula is C14H18N2O2. The maximum absolute atomic E-state index is 11.5. The van der Waals surface area contributed by atoms with Crippen LogP contribution in [0.5, 0.6) is 5.75 Å². The third-order valence-electron chi connectivity index (χ3n) is 3.24. The van der Waals surface area contributed by atoms with Crippen molar-refractivity contribution in [3.8, 4) is 5.75 Å². The summed E-state index contributed by atoms with van der Waals surface area (Å²) in [6, 6.07) is 5.76. The largest absolute Gasteiger partial charge is 0.497 e. The second-order valence-corrected chi connectivity index (χ2v) is 4.38. The number of aromatic nitrogens is 1. The Bertz CT molecular complexity index is 560. The molecule has 1 aromatic carbocycles. The van der Waals surface area contributed by atoms with Crippen molar-refractivity contribution in [1.29, 1.82) is 0 Å². The molecule has 0 saturated carbocycles. The van der Waals surface area contributed by atoms with E-state index in [1.165, 1.54) is 0 Å². The van der Waals surface area contributed by atoms with E-state index in [4.69, 9.17) is 4.74 Å². The highest BCUT2D eigenvalue weighted by atomic mass is 16.5. The van der Waals surface area contributed by atoms with Gasteiger partial charge in [0.05, 0.1) is 13.2 Å². The molecule has 0 amide bonds. The molecule has 0 radical (unpaired) electrons. The summed E-state index contributed by atoms with van der Waals surface area (Å²) in [6.07, 6.45) is 2.64. The van der Waals surface area contributed by atoms with Crippen molar-refractivity contribution in [2.24, 2.45) is 0 Å². The SMILES string of the molecule is CN[C@@H](Cc1c[nH]c2ccc(OC)cc12)C(C)=O. The fourth-order valence-corrected chi connectivity index (χ4v) is 2.12. The van der Waals surface area contributed by atoms with E-state index < -0.39 is 0 Å². The van der Waals surface area contributed by atoms with Gasteiger partial charge in [-0.1, -0.05) is 0 Å². The van der Waals surface area contributed by atoms with E-state index in [0.29, 0.717) is 6.42 Å². The molecule has 1 atom stereocenters. The quantitative estimate of drug-likeness (QED) is 0.847. The van der Waals surface area contributed by atoms with Crippen LogP contribution in [0.25, 0.3) is 10.9 Å². The van der Waals surface area contributed by atoms with Crippen LogP contribution in [0.1, 0.15) is 12.5 Å². The number of ketones is 1. The van der Waals surface area contributed by atoms with Crippen molar-refractivity contribution in [1.82, 2.24) is 10.3 Å². The highest BCUT2D eigenvalue weighted by Crippen LogP contribution is 2.24. The zero-order valence-electron chi connectivity index (χ0n) is 10.9. The first-order valence-corrected chi connectivity index (χ1v) is 5.97. The number of rotatable bonds is 5. The summed E-state index contributed by atoms with van der Waals surface area (Å²) in [6.45, 7) is 1.61. The summed E-state index contributed by atoms with van der Waals surface area (Å²) in [5.41, 5.74) is 2.18. The highest BCUT2D eigenvalue weighted by Gasteiger charge is 2.15. The molecule has 0 fully saturated rings. The highest BCUT2D eigenvalue weighted by molar-refractivity contribution is 5.87. The van der Waals surface area contributed by atoms with E-state index in [-0.39, 0.29) is 11.8 Å². The number of benzene rings is 1. The molecule has 0 unspecified atom stereocenters. The van der Waals surface area contributed by atoms with Crippen molar-refractivity contribution < 1.29 is 9.53 Å². The Balaban J connectivity index is 2.35. The smallest absolute Gasteiger partial charge is 0.147 e. The van der Waals surface area contributed by atoms with Crippen molar-refractivity contribution >= 4 is 16.7 Å². The average Bonchev–Trinajstić information content (AvgIpc) is 2.77. The average molecular weight is 246 g/mol. The van der Waals surface area contributed by atoms with E-state index in [0.717, 1.165) is 22.2 Å². The minimum absolute atomic E-state index is 0.143. The van der Waals surface area contributed by atoms with Gasteiger partial charge in [-0.25, -0.2) is 0 Å². The molecule has 0 spiro atoms. The van der Waals surface area contributed by atoms with Crippen LogP contribution in [0.4, 0.5) is 0 Å². The normalized spacial score (nSPS) is 12.6. The number of fused-ring (bicyclic) bond motifs is 1. The third kappa shape index (κ3) is 2.38. The van der Waals surface area contributed by atoms with Crippen LogP contribution >= 0.6 is 0 Å². The van der Waals surface area contributed by atoms with Crippen LogP contribution in [-0.4, -0.2) is 31.0 Å². The fourth-order valence-electron chi connectivity index (χ4n) is 2.12. The number of carbonyl (C=O) groups excluding carboxylic acids is 1. The Kier molecular flexibility index (Phi) is 3.67. The van der Waals surface area contributed by atoms with Crippen LogP contribution < -0.4 is 10.1 Å². The Hall–Kier alpha value is -1.81. The molecule has 18 heavy (non-hydrogen) atoms. The number of likely N-dealkylation sites (N-methyl/N-ethyl adjacent to an activating group) is 1. The van der Waals surface area contributed by atoms with E-state index in [1.54, 1.807) is 14.0 Å². The van der Waals surface area contributed by atoms with Crippen LogP contribution in [0.2, 0.25) is 0 Å². The molecule has 2 rings (SSSR count). The molecule has 0 aliphatic heterocycles. The second kappa shape index (κ2) is 5.23. The number of Topliss-reactive ketones (excluding diaryl/α,β-unsaturated/α-hetero) is 1. The van der Waals surface area contributed by atoms with Gasteiger partial charge in [0, 0.05) is 17.1 Å². The summed E-state index contributed by atoms with van der Waals surface area (Å²) in [5, 5.41) is 4.15. The van der Waals surface area contributed by atoms with E-state index >= 15 is 0 Å². The van der Waals surface area contributed by atoms with Gasteiger partial charge in [-0.05, 0) is 44.2 Å². The monoisotopic (exact) mass is 246 g/mol. The standard InChI is InChI=1S/C14H18N2O2/c1-9(17)14(15-2)6-10-8-16-13-5-4-11(18-3)7-12(10)13/h4-5,7-8,14-16H,6H2,1-3H3/t14-/m0/s1. The van der Waals surface area contributed by atoms with Gasteiger partial charge in [0.1, 0.15) is 11.5 Å². The maximum atomic E-state index is 11.5. The Labute approximate surface area is 106 Å². The minimum atomic E-state index is -0.143. The molecule has 4 heteroatoms. The molecule has 1 heterocycles. The number of ether oxygens (including phenoxy) is 1. The van der Waals surface area contributed by atoms with Crippen molar-refractivity contribution in [3.63, 3.8) is 0 Å². The molecule has 0 aliphatic carbocycles. The lowest BCUT2D eigenvalue weighted by Gasteiger charge is -2.11. The Morgan fingerprint density at radius 3 is 2.89 bits per heavy atom. The Morgan fingerprint density at radius 1 is 1.50 bits per heavy atom. The number of nitrogens with one attached hydrogen (secondary N) is 2. The second-order valence-electron chi connectivity index (χ2n) is 4.38. The van der Waals surface area contributed by atoms with E-state index in [1.807, 2.05) is 31.4 Å². The number of carbonyl (C=O) groups is 1. The summed E-state index contributed by atoms with van der Waals surface area (Å²) in [5.74, 6) is 0.974. The molecule has 2 aromatic rings. The van der Waals surface area contributed by atoms with Gasteiger partial charge in [-0.15, -0.1) is 0 Å². The molecule has 96 valence electrons. The maximum Gasteiger partial charge on any atom is 0.147 e. The number of hydrogen-bond acceptors (Lipinski definition) is 3.